The van der Waals surface area contributed by atoms with Gasteiger partial charge in [-0.15, -0.1) is 0 Å². The van der Waals surface area contributed by atoms with E-state index in [4.69, 9.17) is 4.98 Å². The molecule has 0 bridgehead atoms. The molecule has 2 aliphatic rings. The van der Waals surface area contributed by atoms with Gasteiger partial charge in [-0.2, -0.15) is 0 Å². The molecule has 138 valence electrons. The van der Waals surface area contributed by atoms with Crippen molar-refractivity contribution in [1.29, 1.82) is 0 Å². The summed E-state index contributed by atoms with van der Waals surface area (Å²) in [6.07, 6.45) is 6.59. The van der Waals surface area contributed by atoms with E-state index in [1.165, 1.54) is 25.3 Å². The highest BCUT2D eigenvalue weighted by atomic mass is 19.2. The molecule has 2 aromatic rings. The fraction of sp³-hybridized carbons (Fsp3) is 0.500. The lowest BCUT2D eigenvalue weighted by Gasteiger charge is -2.29. The molecular formula is C20H23F2N3O. The lowest BCUT2D eigenvalue weighted by Crippen LogP contribution is -2.36. The molecule has 0 amide bonds. The number of halogens is 2. The SMILES string of the molecule is O=c1[nH]c(C2CCCCC2)nc2c1CN(Cc1ccc(F)c(F)c1)CC2. The van der Waals surface area contributed by atoms with Crippen molar-refractivity contribution in [2.24, 2.45) is 0 Å². The minimum absolute atomic E-state index is 0.0504. The second kappa shape index (κ2) is 7.27. The van der Waals surface area contributed by atoms with Crippen molar-refractivity contribution >= 4 is 0 Å². The van der Waals surface area contributed by atoms with Gasteiger partial charge in [0.25, 0.3) is 5.56 Å². The van der Waals surface area contributed by atoms with Gasteiger partial charge in [-0.3, -0.25) is 9.69 Å². The van der Waals surface area contributed by atoms with Crippen LogP contribution in [-0.2, 0) is 19.5 Å². The zero-order chi connectivity index (χ0) is 18.1. The Morgan fingerprint density at radius 3 is 2.73 bits per heavy atom. The van der Waals surface area contributed by atoms with E-state index in [2.05, 4.69) is 9.88 Å². The lowest BCUT2D eigenvalue weighted by molar-refractivity contribution is 0.240. The average molecular weight is 359 g/mol. The maximum absolute atomic E-state index is 13.4. The van der Waals surface area contributed by atoms with E-state index < -0.39 is 11.6 Å². The molecule has 1 aromatic heterocycles. The van der Waals surface area contributed by atoms with Gasteiger partial charge in [0, 0.05) is 32.0 Å². The number of nitrogens with zero attached hydrogens (tertiary/aromatic N) is 2. The number of nitrogens with one attached hydrogen (secondary N) is 1. The first-order chi connectivity index (χ1) is 12.6. The summed E-state index contributed by atoms with van der Waals surface area (Å²) in [7, 11) is 0. The average Bonchev–Trinajstić information content (AvgIpc) is 2.66. The van der Waals surface area contributed by atoms with Crippen molar-refractivity contribution in [2.75, 3.05) is 6.54 Å². The summed E-state index contributed by atoms with van der Waals surface area (Å²) in [5.41, 5.74) is 2.26. The number of rotatable bonds is 3. The molecule has 26 heavy (non-hydrogen) atoms. The first-order valence-electron chi connectivity index (χ1n) is 9.38. The van der Waals surface area contributed by atoms with Gasteiger partial charge in [0.2, 0.25) is 0 Å². The fourth-order valence-electron chi connectivity index (χ4n) is 4.10. The molecule has 6 heteroatoms. The van der Waals surface area contributed by atoms with Crippen LogP contribution >= 0.6 is 0 Å². The summed E-state index contributed by atoms with van der Waals surface area (Å²) in [6.45, 7) is 1.73. The van der Waals surface area contributed by atoms with Crippen molar-refractivity contribution in [1.82, 2.24) is 14.9 Å². The van der Waals surface area contributed by atoms with Crippen LogP contribution < -0.4 is 5.56 Å². The van der Waals surface area contributed by atoms with Gasteiger partial charge in [0.05, 0.1) is 11.3 Å². The van der Waals surface area contributed by atoms with Gasteiger partial charge in [-0.25, -0.2) is 13.8 Å². The molecule has 1 aromatic carbocycles. The Balaban J connectivity index is 1.51. The first-order valence-corrected chi connectivity index (χ1v) is 9.38. The molecule has 0 atom stereocenters. The van der Waals surface area contributed by atoms with Crippen LogP contribution in [0.1, 0.15) is 60.7 Å². The smallest absolute Gasteiger partial charge is 0.255 e. The van der Waals surface area contributed by atoms with Crippen LogP contribution in [0.2, 0.25) is 0 Å². The summed E-state index contributed by atoms with van der Waals surface area (Å²) >= 11 is 0. The molecular weight excluding hydrogens is 336 g/mol. The Morgan fingerprint density at radius 2 is 1.96 bits per heavy atom. The minimum Gasteiger partial charge on any atom is -0.310 e. The van der Waals surface area contributed by atoms with Gasteiger partial charge in [-0.05, 0) is 30.5 Å². The summed E-state index contributed by atoms with van der Waals surface area (Å²) in [5.74, 6) is -0.449. The number of hydrogen-bond donors (Lipinski definition) is 1. The van der Waals surface area contributed by atoms with E-state index in [1.54, 1.807) is 6.07 Å². The van der Waals surface area contributed by atoms with Crippen LogP contribution in [0, 0.1) is 11.6 Å². The van der Waals surface area contributed by atoms with E-state index in [0.29, 0.717) is 36.6 Å². The van der Waals surface area contributed by atoms with E-state index >= 15 is 0 Å². The number of aromatic amines is 1. The van der Waals surface area contributed by atoms with Crippen LogP contribution in [0.25, 0.3) is 0 Å². The molecule has 0 unspecified atom stereocenters. The van der Waals surface area contributed by atoms with Crippen molar-refractivity contribution in [3.05, 3.63) is 62.8 Å². The third kappa shape index (κ3) is 3.56. The predicted octanol–water partition coefficient (Wildman–Crippen LogP) is 3.65. The van der Waals surface area contributed by atoms with Crippen LogP contribution in [0.3, 0.4) is 0 Å². The van der Waals surface area contributed by atoms with Crippen molar-refractivity contribution in [3.63, 3.8) is 0 Å². The molecule has 2 heterocycles. The minimum atomic E-state index is -0.839. The van der Waals surface area contributed by atoms with Gasteiger partial charge < -0.3 is 4.98 Å². The number of benzene rings is 1. The lowest BCUT2D eigenvalue weighted by atomic mass is 9.88. The molecule has 1 saturated carbocycles. The van der Waals surface area contributed by atoms with Crippen molar-refractivity contribution < 1.29 is 8.78 Å². The largest absolute Gasteiger partial charge is 0.310 e. The Kier molecular flexibility index (Phi) is 4.85. The molecule has 0 spiro atoms. The third-order valence-electron chi connectivity index (χ3n) is 5.55. The van der Waals surface area contributed by atoms with Crippen LogP contribution in [0.4, 0.5) is 8.78 Å². The monoisotopic (exact) mass is 359 g/mol. The van der Waals surface area contributed by atoms with Crippen molar-refractivity contribution in [3.8, 4) is 0 Å². The van der Waals surface area contributed by atoms with E-state index in [0.717, 1.165) is 37.0 Å². The highest BCUT2D eigenvalue weighted by Gasteiger charge is 2.24. The van der Waals surface area contributed by atoms with E-state index in [1.807, 2.05) is 0 Å². The second-order valence-corrected chi connectivity index (χ2v) is 7.42. The molecule has 0 radical (unpaired) electrons. The molecule has 1 aliphatic heterocycles. The number of hydrogen-bond acceptors (Lipinski definition) is 3. The molecule has 1 fully saturated rings. The molecule has 0 saturated heterocycles. The maximum Gasteiger partial charge on any atom is 0.255 e. The Hall–Kier alpha value is -2.08. The summed E-state index contributed by atoms with van der Waals surface area (Å²) in [5, 5.41) is 0. The van der Waals surface area contributed by atoms with Gasteiger partial charge in [0.15, 0.2) is 11.6 Å². The number of fused-ring (bicyclic) bond motifs is 1. The Bertz CT molecular complexity index is 859. The summed E-state index contributed by atoms with van der Waals surface area (Å²) in [6, 6.07) is 3.95. The number of H-pyrrole nitrogens is 1. The van der Waals surface area contributed by atoms with Gasteiger partial charge in [-0.1, -0.05) is 25.3 Å². The maximum atomic E-state index is 13.4. The van der Waals surface area contributed by atoms with Crippen LogP contribution in [0.5, 0.6) is 0 Å². The second-order valence-electron chi connectivity index (χ2n) is 7.42. The quantitative estimate of drug-likeness (QED) is 0.910. The summed E-state index contributed by atoms with van der Waals surface area (Å²) < 4.78 is 26.5. The Morgan fingerprint density at radius 1 is 1.15 bits per heavy atom. The standard InChI is InChI=1S/C20H23F2N3O/c21-16-7-6-13(10-17(16)22)11-25-9-8-18-15(12-25)20(26)24-19(23-18)14-4-2-1-3-5-14/h6-7,10,14H,1-5,8-9,11-12H2,(H,23,24,26). The molecule has 1 N–H and O–H groups in total. The fourth-order valence-corrected chi connectivity index (χ4v) is 4.10. The molecule has 4 nitrogen and oxygen atoms in total. The number of aromatic nitrogens is 2. The zero-order valence-electron chi connectivity index (χ0n) is 14.7. The third-order valence-corrected chi connectivity index (χ3v) is 5.55. The van der Waals surface area contributed by atoms with Gasteiger partial charge in [0.1, 0.15) is 5.82 Å². The predicted molar refractivity (Wildman–Crippen MR) is 94.9 cm³/mol. The normalized spacial score (nSPS) is 18.7. The van der Waals surface area contributed by atoms with Crippen LogP contribution in [-0.4, -0.2) is 21.4 Å². The zero-order valence-corrected chi connectivity index (χ0v) is 14.7. The topological polar surface area (TPSA) is 49.0 Å². The Labute approximate surface area is 151 Å². The highest BCUT2D eigenvalue weighted by molar-refractivity contribution is 5.23. The first kappa shape index (κ1) is 17.3. The van der Waals surface area contributed by atoms with Gasteiger partial charge >= 0.3 is 0 Å². The molecule has 1 aliphatic carbocycles. The van der Waals surface area contributed by atoms with E-state index in [9.17, 15) is 13.6 Å². The highest BCUT2D eigenvalue weighted by Crippen LogP contribution is 2.30. The van der Waals surface area contributed by atoms with E-state index in [-0.39, 0.29) is 5.56 Å². The van der Waals surface area contributed by atoms with Crippen molar-refractivity contribution in [2.45, 2.75) is 57.5 Å². The summed E-state index contributed by atoms with van der Waals surface area (Å²) in [4.78, 5) is 22.4. The molecule has 4 rings (SSSR count). The van der Waals surface area contributed by atoms with Crippen LogP contribution in [0.15, 0.2) is 23.0 Å².